The first-order valence-electron chi connectivity index (χ1n) is 6.50. The van der Waals surface area contributed by atoms with Gasteiger partial charge in [-0.25, -0.2) is 4.79 Å². The van der Waals surface area contributed by atoms with Crippen LogP contribution in [0, 0.1) is 6.92 Å². The van der Waals surface area contributed by atoms with Gasteiger partial charge in [-0.15, -0.1) is 5.10 Å². The van der Waals surface area contributed by atoms with Crippen molar-refractivity contribution in [1.82, 2.24) is 9.59 Å². The summed E-state index contributed by atoms with van der Waals surface area (Å²) in [5.41, 5.74) is 1.85. The molecule has 1 amide bonds. The third-order valence-electron chi connectivity index (χ3n) is 3.06. The summed E-state index contributed by atoms with van der Waals surface area (Å²) in [5.74, 6) is -1.33. The Bertz CT molecular complexity index is 682. The average molecular weight is 305 g/mol. The number of rotatable bonds is 5. The van der Waals surface area contributed by atoms with Gasteiger partial charge in [0, 0.05) is 5.69 Å². The third kappa shape index (κ3) is 3.25. The summed E-state index contributed by atoms with van der Waals surface area (Å²) >= 11 is 1.04. The van der Waals surface area contributed by atoms with Gasteiger partial charge in [-0.3, -0.25) is 4.79 Å². The molecule has 0 aliphatic heterocycles. The first-order valence-corrected chi connectivity index (χ1v) is 7.27. The van der Waals surface area contributed by atoms with E-state index in [4.69, 9.17) is 5.11 Å². The van der Waals surface area contributed by atoms with Crippen molar-refractivity contribution in [3.05, 3.63) is 39.9 Å². The molecule has 0 unspecified atom stereocenters. The molecule has 6 nitrogen and oxygen atoms in total. The Labute approximate surface area is 126 Å². The molecular weight excluding hydrogens is 290 g/mol. The summed E-state index contributed by atoms with van der Waals surface area (Å²) in [5, 5.41) is 15.8. The predicted molar refractivity (Wildman–Crippen MR) is 80.0 cm³/mol. The number of amides is 1. The van der Waals surface area contributed by atoms with E-state index in [2.05, 4.69) is 14.9 Å². The molecule has 0 saturated heterocycles. The standard InChI is InChI=1S/C14H15N3O3S/c1-3-5-11-12(21-17-16-11)13(18)15-10-7-4-6-9(8(10)2)14(19)20/h4,6-7H,3,5H2,1-2H3,(H,15,18)(H,19,20). The lowest BCUT2D eigenvalue weighted by molar-refractivity contribution is 0.0695. The highest BCUT2D eigenvalue weighted by Crippen LogP contribution is 2.21. The van der Waals surface area contributed by atoms with E-state index in [9.17, 15) is 9.59 Å². The molecule has 110 valence electrons. The van der Waals surface area contributed by atoms with Gasteiger partial charge >= 0.3 is 5.97 Å². The highest BCUT2D eigenvalue weighted by Gasteiger charge is 2.18. The topological polar surface area (TPSA) is 92.2 Å². The Morgan fingerprint density at radius 3 is 2.81 bits per heavy atom. The number of carboxylic acids is 1. The lowest BCUT2D eigenvalue weighted by Gasteiger charge is -2.09. The van der Waals surface area contributed by atoms with Crippen LogP contribution in [0.2, 0.25) is 0 Å². The fourth-order valence-corrected chi connectivity index (χ4v) is 2.57. The maximum Gasteiger partial charge on any atom is 0.336 e. The smallest absolute Gasteiger partial charge is 0.336 e. The van der Waals surface area contributed by atoms with Crippen molar-refractivity contribution < 1.29 is 14.7 Å². The van der Waals surface area contributed by atoms with Crippen molar-refractivity contribution in [2.45, 2.75) is 26.7 Å². The van der Waals surface area contributed by atoms with Crippen LogP contribution in [0.3, 0.4) is 0 Å². The quantitative estimate of drug-likeness (QED) is 0.886. The van der Waals surface area contributed by atoms with Crippen LogP contribution in [0.4, 0.5) is 5.69 Å². The number of aromatic carboxylic acids is 1. The van der Waals surface area contributed by atoms with Crippen molar-refractivity contribution >= 4 is 29.1 Å². The van der Waals surface area contributed by atoms with Crippen molar-refractivity contribution in [3.63, 3.8) is 0 Å². The fourth-order valence-electron chi connectivity index (χ4n) is 1.96. The minimum absolute atomic E-state index is 0.170. The van der Waals surface area contributed by atoms with E-state index in [1.807, 2.05) is 6.92 Å². The van der Waals surface area contributed by atoms with Crippen molar-refractivity contribution in [2.75, 3.05) is 5.32 Å². The van der Waals surface area contributed by atoms with Crippen LogP contribution in [-0.4, -0.2) is 26.6 Å². The third-order valence-corrected chi connectivity index (χ3v) is 3.83. The number of hydrogen-bond donors (Lipinski definition) is 2. The van der Waals surface area contributed by atoms with Crippen molar-refractivity contribution in [1.29, 1.82) is 0 Å². The summed E-state index contributed by atoms with van der Waals surface area (Å²) in [6, 6.07) is 4.78. The van der Waals surface area contributed by atoms with Crippen molar-refractivity contribution in [2.24, 2.45) is 0 Å². The number of anilines is 1. The Morgan fingerprint density at radius 2 is 2.14 bits per heavy atom. The van der Waals surface area contributed by atoms with Gasteiger partial charge in [-0.2, -0.15) is 0 Å². The Hall–Kier alpha value is -2.28. The number of nitrogens with one attached hydrogen (secondary N) is 1. The number of benzene rings is 1. The minimum Gasteiger partial charge on any atom is -0.478 e. The molecule has 2 aromatic rings. The van der Waals surface area contributed by atoms with Crippen LogP contribution >= 0.6 is 11.5 Å². The number of carbonyl (C=O) groups is 2. The van der Waals surface area contributed by atoms with Crippen LogP contribution < -0.4 is 5.32 Å². The van der Waals surface area contributed by atoms with Crippen LogP contribution in [-0.2, 0) is 6.42 Å². The molecule has 7 heteroatoms. The summed E-state index contributed by atoms with van der Waals surface area (Å²) in [6.45, 7) is 3.67. The van der Waals surface area contributed by atoms with Gasteiger partial charge in [0.15, 0.2) is 0 Å². The Morgan fingerprint density at radius 1 is 1.38 bits per heavy atom. The largest absolute Gasteiger partial charge is 0.478 e. The molecular formula is C14H15N3O3S. The second kappa shape index (κ2) is 6.45. The fraction of sp³-hybridized carbons (Fsp3) is 0.286. The average Bonchev–Trinajstić information content (AvgIpc) is 2.89. The number of aromatic nitrogens is 2. The molecule has 1 aromatic carbocycles. The van der Waals surface area contributed by atoms with Crippen LogP contribution in [0.5, 0.6) is 0 Å². The van der Waals surface area contributed by atoms with E-state index >= 15 is 0 Å². The van der Waals surface area contributed by atoms with E-state index in [-0.39, 0.29) is 11.5 Å². The van der Waals surface area contributed by atoms with E-state index < -0.39 is 5.97 Å². The van der Waals surface area contributed by atoms with Gasteiger partial charge in [-0.05, 0) is 42.6 Å². The molecule has 0 bridgehead atoms. The Balaban J connectivity index is 2.26. The molecule has 0 atom stereocenters. The first-order chi connectivity index (χ1) is 10.0. The molecule has 1 heterocycles. The highest BCUT2D eigenvalue weighted by atomic mass is 32.1. The summed E-state index contributed by atoms with van der Waals surface area (Å²) in [7, 11) is 0. The predicted octanol–water partition coefficient (Wildman–Crippen LogP) is 2.75. The summed E-state index contributed by atoms with van der Waals surface area (Å²) < 4.78 is 3.81. The zero-order valence-electron chi connectivity index (χ0n) is 11.7. The van der Waals surface area contributed by atoms with E-state index in [1.165, 1.54) is 6.07 Å². The van der Waals surface area contributed by atoms with Gasteiger partial charge < -0.3 is 10.4 Å². The molecule has 0 radical (unpaired) electrons. The van der Waals surface area contributed by atoms with Gasteiger partial charge in [0.05, 0.1) is 11.3 Å². The molecule has 21 heavy (non-hydrogen) atoms. The maximum atomic E-state index is 12.3. The van der Waals surface area contributed by atoms with Gasteiger partial charge in [-0.1, -0.05) is 23.9 Å². The van der Waals surface area contributed by atoms with E-state index in [0.29, 0.717) is 28.2 Å². The van der Waals surface area contributed by atoms with Crippen molar-refractivity contribution in [3.8, 4) is 0 Å². The van der Waals surface area contributed by atoms with E-state index in [1.54, 1.807) is 19.1 Å². The lowest BCUT2D eigenvalue weighted by Crippen LogP contribution is -2.14. The molecule has 2 N–H and O–H groups in total. The molecule has 1 aromatic heterocycles. The Kier molecular flexibility index (Phi) is 4.64. The monoisotopic (exact) mass is 305 g/mol. The molecule has 0 saturated carbocycles. The van der Waals surface area contributed by atoms with Gasteiger partial charge in [0.2, 0.25) is 0 Å². The summed E-state index contributed by atoms with van der Waals surface area (Å²) in [6.07, 6.45) is 1.56. The number of aryl methyl sites for hydroxylation is 1. The van der Waals surface area contributed by atoms with Crippen LogP contribution in [0.1, 0.15) is 44.6 Å². The zero-order chi connectivity index (χ0) is 15.4. The van der Waals surface area contributed by atoms with Crippen LogP contribution in [0.15, 0.2) is 18.2 Å². The number of nitrogens with zero attached hydrogens (tertiary/aromatic N) is 2. The van der Waals surface area contributed by atoms with Gasteiger partial charge in [0.25, 0.3) is 5.91 Å². The molecule has 0 fully saturated rings. The highest BCUT2D eigenvalue weighted by molar-refractivity contribution is 7.08. The molecule has 0 aliphatic carbocycles. The normalized spacial score (nSPS) is 10.4. The second-order valence-electron chi connectivity index (χ2n) is 4.54. The van der Waals surface area contributed by atoms with E-state index in [0.717, 1.165) is 18.0 Å². The minimum atomic E-state index is -1.02. The molecule has 2 rings (SSSR count). The second-order valence-corrected chi connectivity index (χ2v) is 5.29. The van der Waals surface area contributed by atoms with Crippen LogP contribution in [0.25, 0.3) is 0 Å². The zero-order valence-corrected chi connectivity index (χ0v) is 12.5. The molecule has 0 aliphatic rings. The maximum absolute atomic E-state index is 12.3. The molecule has 0 spiro atoms. The summed E-state index contributed by atoms with van der Waals surface area (Å²) in [4.78, 5) is 23.8. The number of carboxylic acid groups (broad SMARTS) is 1. The lowest BCUT2D eigenvalue weighted by atomic mass is 10.1. The number of hydrogen-bond acceptors (Lipinski definition) is 5. The first kappa shape index (κ1) is 15.1. The number of carbonyl (C=O) groups excluding carboxylic acids is 1. The SMILES string of the molecule is CCCc1nnsc1C(=O)Nc1cccc(C(=O)O)c1C. The van der Waals surface area contributed by atoms with Gasteiger partial charge in [0.1, 0.15) is 4.88 Å².